The molecule has 0 amide bonds. The monoisotopic (exact) mass is 532 g/mol. The van der Waals surface area contributed by atoms with E-state index in [0.717, 1.165) is 5.56 Å². The number of carbonyl (C=O) groups excluding carboxylic acids is 4. The molecule has 0 spiro atoms. The van der Waals surface area contributed by atoms with Crippen LogP contribution in [0.2, 0.25) is 0 Å². The van der Waals surface area contributed by atoms with Crippen molar-refractivity contribution in [2.75, 3.05) is 27.9 Å². The highest BCUT2D eigenvalue weighted by molar-refractivity contribution is 5.95. The van der Waals surface area contributed by atoms with Gasteiger partial charge in [0.25, 0.3) is 5.56 Å². The SMILES string of the molecule is CCOC(=O)CCC(C(=O)OC)C(=O)OC.COC(=O)CCc1c(O)nc(/C=C/c2ccccc2)[nH]c1=O. The van der Waals surface area contributed by atoms with Crippen molar-refractivity contribution >= 4 is 36.0 Å². The van der Waals surface area contributed by atoms with Crippen molar-refractivity contribution in [1.82, 2.24) is 9.97 Å². The highest BCUT2D eigenvalue weighted by atomic mass is 16.5. The van der Waals surface area contributed by atoms with Crippen LogP contribution in [0.25, 0.3) is 12.2 Å². The maximum absolute atomic E-state index is 11.9. The van der Waals surface area contributed by atoms with Crippen molar-refractivity contribution in [2.24, 2.45) is 5.92 Å². The van der Waals surface area contributed by atoms with Crippen molar-refractivity contribution in [3.05, 3.63) is 57.6 Å². The second-order valence-electron chi connectivity index (χ2n) is 7.52. The zero-order valence-corrected chi connectivity index (χ0v) is 21.7. The first-order chi connectivity index (χ1) is 18.2. The lowest BCUT2D eigenvalue weighted by atomic mass is 10.0. The Bertz CT molecular complexity index is 1140. The number of esters is 4. The Morgan fingerprint density at radius 3 is 2.11 bits per heavy atom. The van der Waals surface area contributed by atoms with Gasteiger partial charge in [-0.3, -0.25) is 24.0 Å². The lowest BCUT2D eigenvalue weighted by Gasteiger charge is -2.11. The molecule has 0 unspecified atom stereocenters. The molecule has 1 aromatic carbocycles. The summed E-state index contributed by atoms with van der Waals surface area (Å²) in [5.74, 6) is -3.53. The molecule has 0 bridgehead atoms. The van der Waals surface area contributed by atoms with Gasteiger partial charge >= 0.3 is 23.9 Å². The lowest BCUT2D eigenvalue weighted by Crippen LogP contribution is -2.27. The van der Waals surface area contributed by atoms with Gasteiger partial charge in [-0.25, -0.2) is 0 Å². The fraction of sp³-hybridized carbons (Fsp3) is 0.385. The van der Waals surface area contributed by atoms with E-state index in [-0.39, 0.29) is 49.6 Å². The second-order valence-corrected chi connectivity index (χ2v) is 7.52. The molecule has 1 heterocycles. The molecule has 2 rings (SSSR count). The molecule has 38 heavy (non-hydrogen) atoms. The van der Waals surface area contributed by atoms with Crippen molar-refractivity contribution < 1.29 is 43.2 Å². The Kier molecular flexibility index (Phi) is 14.2. The average molecular weight is 533 g/mol. The fourth-order valence-electron chi connectivity index (χ4n) is 2.99. The molecular weight excluding hydrogens is 500 g/mol. The van der Waals surface area contributed by atoms with Crippen molar-refractivity contribution in [3.63, 3.8) is 0 Å². The molecule has 0 saturated carbocycles. The maximum atomic E-state index is 11.9. The number of aromatic hydroxyl groups is 1. The second kappa shape index (κ2) is 17.1. The van der Waals surface area contributed by atoms with Crippen LogP contribution in [0.5, 0.6) is 5.88 Å². The topological polar surface area (TPSA) is 171 Å². The van der Waals surface area contributed by atoms with Gasteiger partial charge in [-0.15, -0.1) is 0 Å². The number of rotatable bonds is 11. The number of methoxy groups -OCH3 is 3. The summed E-state index contributed by atoms with van der Waals surface area (Å²) in [4.78, 5) is 63.0. The van der Waals surface area contributed by atoms with Crippen LogP contribution in [0, 0.1) is 5.92 Å². The summed E-state index contributed by atoms with van der Waals surface area (Å²) in [6.45, 7) is 1.94. The molecule has 2 aromatic rings. The standard InChI is InChI=1S/C16H16N2O4.C10H16O6/c1-22-14(19)10-8-12-15(20)17-13(18-16(12)21)9-7-11-5-3-2-4-6-11;1-4-16-8(11)6-5-7(9(12)14-2)10(13)15-3/h2-7,9H,8,10H2,1H3,(H2,17,18,20,21);7H,4-6H2,1-3H3/b9-7+;. The summed E-state index contributed by atoms with van der Waals surface area (Å²) >= 11 is 0. The fourth-order valence-corrected chi connectivity index (χ4v) is 2.99. The predicted octanol–water partition coefficient (Wildman–Crippen LogP) is 2.04. The van der Waals surface area contributed by atoms with E-state index in [1.165, 1.54) is 21.3 Å². The van der Waals surface area contributed by atoms with Crippen molar-refractivity contribution in [1.29, 1.82) is 0 Å². The molecule has 0 saturated heterocycles. The van der Waals surface area contributed by atoms with Crippen LogP contribution in [0.4, 0.5) is 0 Å². The zero-order valence-electron chi connectivity index (χ0n) is 21.7. The van der Waals surface area contributed by atoms with Gasteiger partial charge in [0.15, 0.2) is 5.92 Å². The van der Waals surface area contributed by atoms with Gasteiger partial charge in [0.1, 0.15) is 5.82 Å². The van der Waals surface area contributed by atoms with Crippen LogP contribution in [0.1, 0.15) is 43.1 Å². The number of aromatic amines is 1. The zero-order chi connectivity index (χ0) is 28.5. The molecule has 2 N–H and O–H groups in total. The van der Waals surface area contributed by atoms with Crippen LogP contribution in [0.15, 0.2) is 35.1 Å². The number of hydrogen-bond acceptors (Lipinski definition) is 11. The molecule has 0 aliphatic rings. The first kappa shape index (κ1) is 31.5. The number of carbonyl (C=O) groups is 4. The minimum Gasteiger partial charge on any atom is -0.493 e. The van der Waals surface area contributed by atoms with Crippen LogP contribution in [-0.4, -0.2) is 66.9 Å². The minimum absolute atomic E-state index is 0.00796. The summed E-state index contributed by atoms with van der Waals surface area (Å²) in [6.07, 6.45) is 3.45. The van der Waals surface area contributed by atoms with E-state index < -0.39 is 35.4 Å². The van der Waals surface area contributed by atoms with Crippen LogP contribution in [0.3, 0.4) is 0 Å². The smallest absolute Gasteiger partial charge is 0.320 e. The molecule has 0 aliphatic carbocycles. The normalized spacial score (nSPS) is 10.3. The first-order valence-electron chi connectivity index (χ1n) is 11.6. The minimum atomic E-state index is -1.07. The molecule has 0 aliphatic heterocycles. The Balaban J connectivity index is 0.000000403. The van der Waals surface area contributed by atoms with Crippen LogP contribution in [-0.2, 0) is 44.5 Å². The number of aromatic nitrogens is 2. The van der Waals surface area contributed by atoms with Gasteiger partial charge in [-0.2, -0.15) is 4.98 Å². The van der Waals surface area contributed by atoms with E-state index in [4.69, 9.17) is 0 Å². The molecule has 12 nitrogen and oxygen atoms in total. The summed E-state index contributed by atoms with van der Waals surface area (Å²) in [6, 6.07) is 9.49. The Labute approximate surface area is 219 Å². The average Bonchev–Trinajstić information content (AvgIpc) is 2.92. The van der Waals surface area contributed by atoms with E-state index in [1.54, 1.807) is 19.1 Å². The van der Waals surface area contributed by atoms with E-state index in [9.17, 15) is 29.1 Å². The molecule has 0 atom stereocenters. The third-order valence-electron chi connectivity index (χ3n) is 4.97. The van der Waals surface area contributed by atoms with Crippen molar-refractivity contribution in [2.45, 2.75) is 32.6 Å². The predicted molar refractivity (Wildman–Crippen MR) is 136 cm³/mol. The molecular formula is C26H32N2O10. The number of benzene rings is 1. The Morgan fingerprint density at radius 2 is 1.58 bits per heavy atom. The number of ether oxygens (including phenoxy) is 4. The molecule has 12 heteroatoms. The third-order valence-corrected chi connectivity index (χ3v) is 4.97. The lowest BCUT2D eigenvalue weighted by molar-refractivity contribution is -0.159. The Hall–Kier alpha value is -4.48. The van der Waals surface area contributed by atoms with E-state index >= 15 is 0 Å². The highest BCUT2D eigenvalue weighted by Gasteiger charge is 2.29. The summed E-state index contributed by atoms with van der Waals surface area (Å²) < 4.78 is 18.0. The van der Waals surface area contributed by atoms with Gasteiger partial charge < -0.3 is 29.0 Å². The summed E-state index contributed by atoms with van der Waals surface area (Å²) in [7, 11) is 3.60. The maximum Gasteiger partial charge on any atom is 0.320 e. The molecule has 0 fully saturated rings. The first-order valence-corrected chi connectivity index (χ1v) is 11.6. The molecule has 1 aromatic heterocycles. The summed E-state index contributed by atoms with van der Waals surface area (Å²) in [5, 5.41) is 9.84. The van der Waals surface area contributed by atoms with E-state index in [2.05, 4.69) is 28.9 Å². The van der Waals surface area contributed by atoms with Crippen LogP contribution >= 0.6 is 0 Å². The van der Waals surface area contributed by atoms with Crippen molar-refractivity contribution in [3.8, 4) is 5.88 Å². The quantitative estimate of drug-likeness (QED) is 0.246. The Morgan fingerprint density at radius 1 is 0.947 bits per heavy atom. The van der Waals surface area contributed by atoms with Gasteiger partial charge in [-0.05, 0) is 31.4 Å². The third kappa shape index (κ3) is 11.1. The van der Waals surface area contributed by atoms with Gasteiger partial charge in [0, 0.05) is 12.8 Å². The van der Waals surface area contributed by atoms with E-state index in [1.807, 2.05) is 30.3 Å². The van der Waals surface area contributed by atoms with Gasteiger partial charge in [0.2, 0.25) is 5.88 Å². The molecule has 0 radical (unpaired) electrons. The molecule has 206 valence electrons. The number of nitrogens with one attached hydrogen (secondary N) is 1. The van der Waals surface area contributed by atoms with Gasteiger partial charge in [-0.1, -0.05) is 36.4 Å². The number of H-pyrrole nitrogens is 1. The number of nitrogens with zero attached hydrogens (tertiary/aromatic N) is 1. The van der Waals surface area contributed by atoms with Gasteiger partial charge in [0.05, 0.1) is 33.5 Å². The number of hydrogen-bond donors (Lipinski definition) is 2. The highest BCUT2D eigenvalue weighted by Crippen LogP contribution is 2.13. The van der Waals surface area contributed by atoms with Crippen LogP contribution < -0.4 is 5.56 Å². The largest absolute Gasteiger partial charge is 0.493 e. The van der Waals surface area contributed by atoms with E-state index in [0.29, 0.717) is 0 Å². The summed E-state index contributed by atoms with van der Waals surface area (Å²) in [5.41, 5.74) is 0.547.